The second kappa shape index (κ2) is 5.51. The molecule has 17 heavy (non-hydrogen) atoms. The molecule has 0 aromatic heterocycles. The van der Waals surface area contributed by atoms with E-state index in [9.17, 15) is 23.3 Å². The van der Waals surface area contributed by atoms with Crippen molar-refractivity contribution in [3.05, 3.63) is 34.4 Å². The Labute approximate surface area is 97.7 Å². The average Bonchev–Trinajstić information content (AvgIpc) is 2.29. The van der Waals surface area contributed by atoms with Crippen LogP contribution in [0.25, 0.3) is 0 Å². The van der Waals surface area contributed by atoms with Crippen LogP contribution in [-0.4, -0.2) is 26.2 Å². The minimum atomic E-state index is -3.71. The first kappa shape index (κ1) is 13.3. The first-order chi connectivity index (χ1) is 7.97. The zero-order valence-electron chi connectivity index (χ0n) is 8.70. The van der Waals surface area contributed by atoms with Crippen molar-refractivity contribution in [1.29, 1.82) is 0 Å². The van der Waals surface area contributed by atoms with E-state index in [1.165, 1.54) is 0 Å². The van der Waals surface area contributed by atoms with E-state index in [1.54, 1.807) is 0 Å². The third-order valence-corrected chi connectivity index (χ3v) is 3.39. The van der Waals surface area contributed by atoms with E-state index in [1.807, 2.05) is 0 Å². The highest BCUT2D eigenvalue weighted by atomic mass is 32.2. The summed E-state index contributed by atoms with van der Waals surface area (Å²) in [6.45, 7) is 0.00280. The highest BCUT2D eigenvalue weighted by molar-refractivity contribution is 7.89. The Hall–Kier alpha value is -1.80. The molecular weight excluding hydrogens is 248 g/mol. The fourth-order valence-corrected chi connectivity index (χ4v) is 2.13. The van der Waals surface area contributed by atoms with Crippen LogP contribution in [0.2, 0.25) is 0 Å². The zero-order valence-corrected chi connectivity index (χ0v) is 9.51. The van der Waals surface area contributed by atoms with Gasteiger partial charge in [-0.1, -0.05) is 0 Å². The van der Waals surface area contributed by atoms with Gasteiger partial charge in [-0.2, -0.15) is 0 Å². The number of non-ortho nitro benzene ring substituents is 1. The summed E-state index contributed by atoms with van der Waals surface area (Å²) in [6.07, 6.45) is 0.671. The monoisotopic (exact) mass is 258 g/mol. The molecule has 0 aliphatic heterocycles. The summed E-state index contributed by atoms with van der Waals surface area (Å²) in [5.41, 5.74) is -0.183. The van der Waals surface area contributed by atoms with E-state index in [4.69, 9.17) is 0 Å². The number of nitrogens with one attached hydrogen (secondary N) is 1. The van der Waals surface area contributed by atoms with E-state index < -0.39 is 14.9 Å². The molecule has 0 saturated carbocycles. The number of aldehydes is 1. The Morgan fingerprint density at radius 1 is 1.29 bits per heavy atom. The fraction of sp³-hybridized carbons (Fsp3) is 0.222. The lowest BCUT2D eigenvalue weighted by atomic mass is 10.3. The molecule has 0 heterocycles. The summed E-state index contributed by atoms with van der Waals surface area (Å²) in [5, 5.41) is 10.4. The predicted molar refractivity (Wildman–Crippen MR) is 59.0 cm³/mol. The smallest absolute Gasteiger partial charge is 0.269 e. The van der Waals surface area contributed by atoms with E-state index in [0.717, 1.165) is 24.3 Å². The second-order valence-electron chi connectivity index (χ2n) is 3.10. The number of benzene rings is 1. The second-order valence-corrected chi connectivity index (χ2v) is 4.87. The lowest BCUT2D eigenvalue weighted by Crippen LogP contribution is -2.24. The molecule has 0 saturated heterocycles. The minimum Gasteiger partial charge on any atom is -0.303 e. The Morgan fingerprint density at radius 2 is 1.88 bits per heavy atom. The highest BCUT2D eigenvalue weighted by Gasteiger charge is 2.14. The summed E-state index contributed by atoms with van der Waals surface area (Å²) < 4.78 is 25.4. The lowest BCUT2D eigenvalue weighted by Gasteiger charge is -2.04. The fourth-order valence-electron chi connectivity index (χ4n) is 1.08. The van der Waals surface area contributed by atoms with Crippen LogP contribution in [0.5, 0.6) is 0 Å². The number of carbonyl (C=O) groups excluding carboxylic acids is 1. The van der Waals surface area contributed by atoms with Crippen molar-refractivity contribution < 1.29 is 18.1 Å². The van der Waals surface area contributed by atoms with Crippen LogP contribution in [0.4, 0.5) is 5.69 Å². The average molecular weight is 258 g/mol. The summed E-state index contributed by atoms with van der Waals surface area (Å²) in [7, 11) is -3.71. The predicted octanol–water partition coefficient (Wildman–Crippen LogP) is 0.462. The van der Waals surface area contributed by atoms with Crippen LogP contribution in [-0.2, 0) is 14.8 Å². The quantitative estimate of drug-likeness (QED) is 0.345. The molecule has 0 atom stereocenters. The molecule has 1 aromatic rings. The van der Waals surface area contributed by atoms with Crippen LogP contribution in [0.3, 0.4) is 0 Å². The first-order valence-electron chi connectivity index (χ1n) is 4.65. The van der Waals surface area contributed by atoms with Gasteiger partial charge in [-0.3, -0.25) is 10.1 Å². The van der Waals surface area contributed by atoms with Crippen LogP contribution >= 0.6 is 0 Å². The molecule has 8 heteroatoms. The lowest BCUT2D eigenvalue weighted by molar-refractivity contribution is -0.384. The number of sulfonamides is 1. The molecule has 0 bridgehead atoms. The molecule has 0 amide bonds. The van der Waals surface area contributed by atoms with Crippen LogP contribution in [0.1, 0.15) is 6.42 Å². The van der Waals surface area contributed by atoms with Gasteiger partial charge in [0.1, 0.15) is 6.29 Å². The highest BCUT2D eigenvalue weighted by Crippen LogP contribution is 2.15. The number of hydrogen-bond donors (Lipinski definition) is 1. The van der Waals surface area contributed by atoms with E-state index in [-0.39, 0.29) is 23.5 Å². The van der Waals surface area contributed by atoms with Gasteiger partial charge >= 0.3 is 0 Å². The van der Waals surface area contributed by atoms with Gasteiger partial charge in [0.25, 0.3) is 5.69 Å². The van der Waals surface area contributed by atoms with Crippen molar-refractivity contribution in [1.82, 2.24) is 4.72 Å². The van der Waals surface area contributed by atoms with Crippen molar-refractivity contribution in [2.45, 2.75) is 11.3 Å². The van der Waals surface area contributed by atoms with E-state index in [2.05, 4.69) is 4.72 Å². The molecule has 0 spiro atoms. The van der Waals surface area contributed by atoms with E-state index in [0.29, 0.717) is 6.29 Å². The van der Waals surface area contributed by atoms with Gasteiger partial charge in [0.05, 0.1) is 9.82 Å². The summed E-state index contributed by atoms with van der Waals surface area (Å²) in [5.74, 6) is 0. The molecule has 7 nitrogen and oxygen atoms in total. The number of nitro benzene ring substituents is 1. The topological polar surface area (TPSA) is 106 Å². The number of nitro groups is 1. The number of carbonyl (C=O) groups is 1. The van der Waals surface area contributed by atoms with Gasteiger partial charge in [0, 0.05) is 25.1 Å². The Morgan fingerprint density at radius 3 is 2.35 bits per heavy atom. The van der Waals surface area contributed by atoms with Crippen molar-refractivity contribution in [2.24, 2.45) is 0 Å². The molecule has 0 unspecified atom stereocenters. The largest absolute Gasteiger partial charge is 0.303 e. The Balaban J connectivity index is 2.85. The third kappa shape index (κ3) is 3.61. The summed E-state index contributed by atoms with van der Waals surface area (Å²) >= 11 is 0. The summed E-state index contributed by atoms with van der Waals surface area (Å²) in [4.78, 5) is 19.7. The normalized spacial score (nSPS) is 11.1. The maximum atomic E-state index is 11.6. The van der Waals surface area contributed by atoms with Crippen molar-refractivity contribution >= 4 is 22.0 Å². The Kier molecular flexibility index (Phi) is 4.30. The molecule has 1 rings (SSSR count). The van der Waals surface area contributed by atoms with Crippen LogP contribution < -0.4 is 4.72 Å². The maximum Gasteiger partial charge on any atom is 0.269 e. The molecule has 1 N–H and O–H groups in total. The van der Waals surface area contributed by atoms with Crippen molar-refractivity contribution in [3.8, 4) is 0 Å². The first-order valence-corrected chi connectivity index (χ1v) is 6.13. The van der Waals surface area contributed by atoms with Gasteiger partial charge < -0.3 is 4.79 Å². The van der Waals surface area contributed by atoms with Crippen LogP contribution in [0.15, 0.2) is 29.2 Å². The molecule has 0 aliphatic carbocycles. The van der Waals surface area contributed by atoms with Crippen LogP contribution in [0, 0.1) is 10.1 Å². The number of rotatable bonds is 6. The number of nitrogens with zero attached hydrogens (tertiary/aromatic N) is 1. The van der Waals surface area contributed by atoms with Gasteiger partial charge in [-0.15, -0.1) is 0 Å². The van der Waals surface area contributed by atoms with E-state index >= 15 is 0 Å². The maximum absolute atomic E-state index is 11.6. The third-order valence-electron chi connectivity index (χ3n) is 1.91. The van der Waals surface area contributed by atoms with Gasteiger partial charge in [-0.25, -0.2) is 13.1 Å². The molecule has 1 aromatic carbocycles. The van der Waals surface area contributed by atoms with Crippen molar-refractivity contribution in [2.75, 3.05) is 6.54 Å². The zero-order chi connectivity index (χ0) is 12.9. The summed E-state index contributed by atoms with van der Waals surface area (Å²) in [6, 6.07) is 4.49. The van der Waals surface area contributed by atoms with Crippen molar-refractivity contribution in [3.63, 3.8) is 0 Å². The molecule has 92 valence electrons. The minimum absolute atomic E-state index is 0.00280. The van der Waals surface area contributed by atoms with Gasteiger partial charge in [0.15, 0.2) is 0 Å². The molecule has 0 fully saturated rings. The molecular formula is C9H10N2O5S. The molecule has 0 aliphatic rings. The standard InChI is InChI=1S/C9H10N2O5S/c12-7-1-6-10-17(15,16)9-4-2-8(3-5-9)11(13)14/h2-5,7,10H,1,6H2. The molecule has 0 radical (unpaired) electrons. The number of hydrogen-bond acceptors (Lipinski definition) is 5. The SMILES string of the molecule is O=CCCNS(=O)(=O)c1ccc([N+](=O)[O-])cc1. The Bertz CT molecular complexity index is 509. The van der Waals surface area contributed by atoms with Gasteiger partial charge in [0.2, 0.25) is 10.0 Å². The van der Waals surface area contributed by atoms with Gasteiger partial charge in [-0.05, 0) is 12.1 Å².